The van der Waals surface area contributed by atoms with Gasteiger partial charge in [-0.05, 0) is 31.0 Å². The fraction of sp³-hybridized carbons (Fsp3) is 0.571. The van der Waals surface area contributed by atoms with Gasteiger partial charge in [-0.2, -0.15) is 0 Å². The van der Waals surface area contributed by atoms with Crippen LogP contribution in [0.25, 0.3) is 11.3 Å². The highest BCUT2D eigenvalue weighted by atomic mass is 16.6. The Morgan fingerprint density at radius 2 is 1.75 bits per heavy atom. The van der Waals surface area contributed by atoms with Gasteiger partial charge in [-0.1, -0.05) is 26.8 Å². The van der Waals surface area contributed by atoms with Gasteiger partial charge in [0, 0.05) is 75.2 Å². The van der Waals surface area contributed by atoms with Gasteiger partial charge in [0.15, 0.2) is 11.3 Å². The average Bonchev–Trinajstić information content (AvgIpc) is 2.87. The molecule has 1 amide bonds. The molecule has 0 saturated carbocycles. The second-order valence-corrected chi connectivity index (χ2v) is 10.7. The second kappa shape index (κ2) is 10.6. The lowest BCUT2D eigenvalue weighted by atomic mass is 9.93. The molecule has 0 N–H and O–H groups in total. The number of nitrogens with zero attached hydrogens (tertiary/aromatic N) is 3. The van der Waals surface area contributed by atoms with Crippen LogP contribution in [0.5, 0.6) is 5.88 Å². The zero-order chi connectivity index (χ0) is 26.0. The summed E-state index contributed by atoms with van der Waals surface area (Å²) >= 11 is 0. The molecule has 0 radical (unpaired) electrons. The third-order valence-corrected chi connectivity index (χ3v) is 7.14. The summed E-state index contributed by atoms with van der Waals surface area (Å²) in [5.41, 5.74) is 4.74. The maximum absolute atomic E-state index is 12.8. The Morgan fingerprint density at radius 3 is 2.39 bits per heavy atom. The van der Waals surface area contributed by atoms with Crippen molar-refractivity contribution in [3.8, 4) is 17.1 Å². The van der Waals surface area contributed by atoms with Crippen LogP contribution >= 0.6 is 0 Å². The summed E-state index contributed by atoms with van der Waals surface area (Å²) in [7, 11) is 3.25. The molecule has 36 heavy (non-hydrogen) atoms. The maximum Gasteiger partial charge on any atom is 0.228 e. The van der Waals surface area contributed by atoms with E-state index in [1.807, 2.05) is 32.6 Å². The monoisotopic (exact) mass is 497 g/mol. The summed E-state index contributed by atoms with van der Waals surface area (Å²) < 4.78 is 18.7. The number of aryl methyl sites for hydroxylation is 1. The summed E-state index contributed by atoms with van der Waals surface area (Å²) in [6.07, 6.45) is 0.642. The first-order valence-electron chi connectivity index (χ1n) is 12.7. The number of benzene rings is 1. The largest absolute Gasteiger partial charge is 0.476 e. The van der Waals surface area contributed by atoms with Gasteiger partial charge in [0.1, 0.15) is 12.7 Å². The Labute approximate surface area is 213 Å². The summed E-state index contributed by atoms with van der Waals surface area (Å²) in [5, 5.41) is 0. The molecule has 0 aliphatic carbocycles. The van der Waals surface area contributed by atoms with Crippen LogP contribution < -0.4 is 15.1 Å². The third kappa shape index (κ3) is 5.30. The smallest absolute Gasteiger partial charge is 0.228 e. The lowest BCUT2D eigenvalue weighted by molar-refractivity contribution is -0.139. The Balaban J connectivity index is 1.56. The van der Waals surface area contributed by atoms with E-state index in [-0.39, 0.29) is 22.9 Å². The molecule has 2 aliphatic rings. The van der Waals surface area contributed by atoms with Crippen molar-refractivity contribution in [1.82, 2.24) is 9.47 Å². The number of carbonyl (C=O) groups excluding carboxylic acids is 1. The highest BCUT2D eigenvalue weighted by Gasteiger charge is 2.30. The number of carbonyl (C=O) groups is 1. The zero-order valence-electron chi connectivity index (χ0n) is 22.4. The fourth-order valence-electron chi connectivity index (χ4n) is 5.05. The van der Waals surface area contributed by atoms with Crippen molar-refractivity contribution >= 4 is 11.6 Å². The van der Waals surface area contributed by atoms with E-state index in [9.17, 15) is 9.59 Å². The summed E-state index contributed by atoms with van der Waals surface area (Å²) in [6.45, 7) is 12.4. The van der Waals surface area contributed by atoms with E-state index in [4.69, 9.17) is 14.2 Å². The Kier molecular flexibility index (Phi) is 7.76. The van der Waals surface area contributed by atoms with Crippen molar-refractivity contribution in [3.05, 3.63) is 45.6 Å². The maximum atomic E-state index is 12.8. The molecular weight excluding hydrogens is 458 g/mol. The van der Waals surface area contributed by atoms with E-state index < -0.39 is 0 Å². The van der Waals surface area contributed by atoms with E-state index in [1.54, 1.807) is 20.3 Å². The lowest BCUT2D eigenvalue weighted by Crippen LogP contribution is -2.51. The second-order valence-electron chi connectivity index (χ2n) is 10.7. The highest BCUT2D eigenvalue weighted by molar-refractivity contribution is 5.82. The van der Waals surface area contributed by atoms with Gasteiger partial charge in [-0.3, -0.25) is 9.59 Å². The Morgan fingerprint density at radius 1 is 1.03 bits per heavy atom. The highest BCUT2D eigenvalue weighted by Crippen LogP contribution is 2.36. The van der Waals surface area contributed by atoms with Crippen molar-refractivity contribution in [3.63, 3.8) is 0 Å². The van der Waals surface area contributed by atoms with Gasteiger partial charge in [0.25, 0.3) is 0 Å². The molecule has 8 heteroatoms. The summed E-state index contributed by atoms with van der Waals surface area (Å²) in [5.74, 6) is 0.773. The van der Waals surface area contributed by atoms with Crippen LogP contribution in [-0.4, -0.2) is 75.1 Å². The molecule has 1 fully saturated rings. The summed E-state index contributed by atoms with van der Waals surface area (Å²) in [4.78, 5) is 29.8. The minimum atomic E-state index is -0.353. The van der Waals surface area contributed by atoms with E-state index >= 15 is 0 Å². The van der Waals surface area contributed by atoms with Crippen LogP contribution in [0.4, 0.5) is 5.69 Å². The first-order chi connectivity index (χ1) is 17.1. The van der Waals surface area contributed by atoms with Gasteiger partial charge in [-0.25, -0.2) is 0 Å². The third-order valence-electron chi connectivity index (χ3n) is 7.14. The van der Waals surface area contributed by atoms with Crippen molar-refractivity contribution in [2.45, 2.75) is 46.8 Å². The van der Waals surface area contributed by atoms with Gasteiger partial charge in [0.2, 0.25) is 5.91 Å². The first kappa shape index (κ1) is 26.2. The predicted molar refractivity (Wildman–Crippen MR) is 141 cm³/mol. The van der Waals surface area contributed by atoms with E-state index in [1.165, 1.54) is 11.3 Å². The molecule has 196 valence electrons. The van der Waals surface area contributed by atoms with Crippen LogP contribution in [0, 0.1) is 12.3 Å². The molecule has 2 aliphatic heterocycles. The van der Waals surface area contributed by atoms with E-state index in [0.29, 0.717) is 19.1 Å². The Hall–Kier alpha value is -2.84. The minimum Gasteiger partial charge on any atom is -0.476 e. The predicted octanol–water partition coefficient (Wildman–Crippen LogP) is 3.11. The number of rotatable bonds is 7. The number of hydrogen-bond acceptors (Lipinski definition) is 6. The fourth-order valence-corrected chi connectivity index (χ4v) is 5.05. The van der Waals surface area contributed by atoms with Crippen LogP contribution in [0.3, 0.4) is 0 Å². The van der Waals surface area contributed by atoms with E-state index in [2.05, 4.69) is 27.7 Å². The molecule has 1 aromatic carbocycles. The molecule has 3 heterocycles. The molecule has 4 rings (SSSR count). The van der Waals surface area contributed by atoms with Gasteiger partial charge >= 0.3 is 0 Å². The molecule has 2 aromatic rings. The van der Waals surface area contributed by atoms with Crippen molar-refractivity contribution < 1.29 is 19.0 Å². The van der Waals surface area contributed by atoms with Gasteiger partial charge in [0.05, 0.1) is 12.3 Å². The first-order valence-corrected chi connectivity index (χ1v) is 12.7. The van der Waals surface area contributed by atoms with Gasteiger partial charge < -0.3 is 28.6 Å². The molecule has 0 spiro atoms. The number of piperazine rings is 1. The number of methoxy groups -OCH3 is 2. The SMILES string of the molecule is COC[C@@H](COc1cc(=O)c(C)c2n1CCc1cc(N3CCN(C(=O)C(C)(C)C)CC3)ccc1-2)OC. The number of hydrogen-bond donors (Lipinski definition) is 0. The van der Waals surface area contributed by atoms with Crippen LogP contribution in [-0.2, 0) is 27.2 Å². The molecular formula is C28H39N3O5. The zero-order valence-corrected chi connectivity index (χ0v) is 22.4. The number of ether oxygens (including phenoxy) is 3. The Bertz CT molecular complexity index is 1160. The molecule has 0 bridgehead atoms. The molecule has 0 unspecified atom stereocenters. The van der Waals surface area contributed by atoms with Crippen LogP contribution in [0.2, 0.25) is 0 Å². The number of amides is 1. The normalized spacial score (nSPS) is 16.4. The van der Waals surface area contributed by atoms with Crippen LogP contribution in [0.1, 0.15) is 31.9 Å². The standard InChI is InChI=1S/C28H39N3O5/c1-19-24(32)16-25(36-18-22(35-6)17-34-5)31-10-9-20-15-21(7-8-23(20)26(19)31)29-11-13-30(14-12-29)27(33)28(2,3)4/h7-8,15-16,22H,9-14,17-18H2,1-6H3/t22-/m0/s1. The van der Waals surface area contributed by atoms with E-state index in [0.717, 1.165) is 56.0 Å². The van der Waals surface area contributed by atoms with Crippen molar-refractivity contribution in [2.24, 2.45) is 5.41 Å². The molecule has 8 nitrogen and oxygen atoms in total. The number of pyridine rings is 1. The lowest BCUT2D eigenvalue weighted by Gasteiger charge is -2.39. The number of aromatic nitrogens is 1. The topological polar surface area (TPSA) is 73.2 Å². The van der Waals surface area contributed by atoms with Gasteiger partial charge in [-0.15, -0.1) is 0 Å². The van der Waals surface area contributed by atoms with Crippen molar-refractivity contribution in [2.75, 3.05) is 58.5 Å². The number of anilines is 1. The summed E-state index contributed by atoms with van der Waals surface area (Å²) in [6, 6.07) is 8.08. The average molecular weight is 498 g/mol. The van der Waals surface area contributed by atoms with Crippen LogP contribution in [0.15, 0.2) is 29.1 Å². The quantitative estimate of drug-likeness (QED) is 0.585. The molecule has 1 atom stereocenters. The van der Waals surface area contributed by atoms with Crippen molar-refractivity contribution in [1.29, 1.82) is 0 Å². The number of fused-ring (bicyclic) bond motifs is 3. The molecule has 1 aromatic heterocycles. The molecule has 1 saturated heterocycles. The minimum absolute atomic E-state index is 0.0338.